The minimum Gasteiger partial charge on any atom is -0.223 e. The summed E-state index contributed by atoms with van der Waals surface area (Å²) in [5, 5.41) is 0. The third-order valence-electron chi connectivity index (χ3n) is 2.86. The molecule has 0 aliphatic carbocycles. The Morgan fingerprint density at radius 1 is 0.889 bits per heavy atom. The van der Waals surface area contributed by atoms with Crippen LogP contribution < -0.4 is 0 Å². The van der Waals surface area contributed by atoms with Gasteiger partial charge in [-0.3, -0.25) is 0 Å². The van der Waals surface area contributed by atoms with Gasteiger partial charge in [-0.15, -0.1) is 0 Å². The van der Waals surface area contributed by atoms with Crippen LogP contribution >= 0.6 is 0 Å². The Bertz CT molecular complexity index is 616. The van der Waals surface area contributed by atoms with Crippen LogP contribution in [0.15, 0.2) is 59.5 Å². The second-order valence-corrected chi connectivity index (χ2v) is 6.24. The summed E-state index contributed by atoms with van der Waals surface area (Å²) in [5.41, 5.74) is 2.01. The molecule has 0 bridgehead atoms. The monoisotopic (exact) mass is 260 g/mol. The molecule has 2 aromatic carbocycles. The van der Waals surface area contributed by atoms with Crippen molar-refractivity contribution in [3.8, 4) is 0 Å². The molecule has 0 saturated heterocycles. The van der Waals surface area contributed by atoms with Gasteiger partial charge in [-0.1, -0.05) is 49.4 Å². The molecule has 2 rings (SSSR count). The molecule has 0 amide bonds. The molecule has 0 spiro atoms. The highest BCUT2D eigenvalue weighted by Gasteiger charge is 2.14. The average Bonchev–Trinajstić information content (AvgIpc) is 2.39. The number of rotatable bonds is 4. The maximum atomic E-state index is 12.2. The van der Waals surface area contributed by atoms with E-state index in [1.54, 1.807) is 24.3 Å². The van der Waals surface area contributed by atoms with E-state index < -0.39 is 9.84 Å². The van der Waals surface area contributed by atoms with E-state index in [2.05, 4.69) is 6.92 Å². The quantitative estimate of drug-likeness (QED) is 0.846. The fourth-order valence-electron chi connectivity index (χ4n) is 1.87. The number of hydrogen-bond donors (Lipinski definition) is 0. The molecule has 0 radical (unpaired) electrons. The van der Waals surface area contributed by atoms with Crippen LogP contribution in [0.1, 0.15) is 18.1 Å². The van der Waals surface area contributed by atoms with E-state index in [4.69, 9.17) is 0 Å². The summed E-state index contributed by atoms with van der Waals surface area (Å²) in [7, 11) is -3.24. The predicted molar refractivity (Wildman–Crippen MR) is 73.2 cm³/mol. The Labute approximate surface area is 108 Å². The summed E-state index contributed by atoms with van der Waals surface area (Å²) in [4.78, 5) is 0.381. The molecule has 0 N–H and O–H groups in total. The molecule has 0 saturated carbocycles. The molecule has 0 aliphatic heterocycles. The zero-order chi connectivity index (χ0) is 13.0. The minimum atomic E-state index is -3.24. The van der Waals surface area contributed by atoms with E-state index >= 15 is 0 Å². The molecule has 0 atom stereocenters. The predicted octanol–water partition coefficient (Wildman–Crippen LogP) is 3.22. The summed E-state index contributed by atoms with van der Waals surface area (Å²) in [6.45, 7) is 2.06. The first-order valence-electron chi connectivity index (χ1n) is 5.97. The molecule has 0 heterocycles. The van der Waals surface area contributed by atoms with Gasteiger partial charge in [0, 0.05) is 0 Å². The van der Waals surface area contributed by atoms with E-state index in [1.807, 2.05) is 30.3 Å². The van der Waals surface area contributed by atoms with E-state index in [9.17, 15) is 8.42 Å². The van der Waals surface area contributed by atoms with E-state index in [0.29, 0.717) is 4.90 Å². The molecule has 0 fully saturated rings. The van der Waals surface area contributed by atoms with Crippen LogP contribution in [-0.2, 0) is 22.0 Å². The zero-order valence-electron chi connectivity index (χ0n) is 10.3. The lowest BCUT2D eigenvalue weighted by atomic mass is 10.1. The highest BCUT2D eigenvalue weighted by molar-refractivity contribution is 7.90. The Balaban J connectivity index is 2.28. The Morgan fingerprint density at radius 2 is 1.56 bits per heavy atom. The minimum absolute atomic E-state index is 0.0604. The van der Waals surface area contributed by atoms with Gasteiger partial charge in [-0.25, -0.2) is 8.42 Å². The van der Waals surface area contributed by atoms with E-state index in [1.165, 1.54) is 0 Å². The van der Waals surface area contributed by atoms with Crippen molar-refractivity contribution in [2.75, 3.05) is 0 Å². The lowest BCUT2D eigenvalue weighted by Gasteiger charge is -2.06. The van der Waals surface area contributed by atoms with Gasteiger partial charge in [-0.2, -0.15) is 0 Å². The van der Waals surface area contributed by atoms with Gasteiger partial charge in [0.05, 0.1) is 10.6 Å². The molecule has 18 heavy (non-hydrogen) atoms. The lowest BCUT2D eigenvalue weighted by Crippen LogP contribution is -2.05. The Kier molecular flexibility index (Phi) is 3.82. The van der Waals surface area contributed by atoms with Gasteiger partial charge in [0.15, 0.2) is 9.84 Å². The fourth-order valence-corrected chi connectivity index (χ4v) is 3.23. The second kappa shape index (κ2) is 5.36. The number of aryl methyl sites for hydroxylation is 1. The van der Waals surface area contributed by atoms with Crippen molar-refractivity contribution in [1.29, 1.82) is 0 Å². The number of benzene rings is 2. The summed E-state index contributed by atoms with van der Waals surface area (Å²) < 4.78 is 24.4. The van der Waals surface area contributed by atoms with Gasteiger partial charge in [-0.05, 0) is 29.7 Å². The van der Waals surface area contributed by atoms with Crippen LogP contribution in [0.25, 0.3) is 0 Å². The highest BCUT2D eigenvalue weighted by atomic mass is 32.2. The van der Waals surface area contributed by atoms with Crippen molar-refractivity contribution in [1.82, 2.24) is 0 Å². The van der Waals surface area contributed by atoms with Gasteiger partial charge in [0.2, 0.25) is 0 Å². The zero-order valence-corrected chi connectivity index (χ0v) is 11.2. The van der Waals surface area contributed by atoms with Crippen molar-refractivity contribution in [3.05, 3.63) is 65.7 Å². The third kappa shape index (κ3) is 2.99. The standard InChI is InChI=1S/C15H16O2S/c1-2-13-7-6-8-14(11-13)12-18(16,17)15-9-4-3-5-10-15/h3-11H,2,12H2,1H3. The SMILES string of the molecule is CCc1cccc(CS(=O)(=O)c2ccccc2)c1. The van der Waals surface area contributed by atoms with E-state index in [-0.39, 0.29) is 5.75 Å². The second-order valence-electron chi connectivity index (χ2n) is 4.25. The van der Waals surface area contributed by atoms with Crippen LogP contribution in [0.2, 0.25) is 0 Å². The average molecular weight is 260 g/mol. The van der Waals surface area contributed by atoms with Crippen molar-refractivity contribution in [2.45, 2.75) is 24.0 Å². The summed E-state index contributed by atoms with van der Waals surface area (Å²) in [6.07, 6.45) is 0.916. The third-order valence-corrected chi connectivity index (χ3v) is 4.56. The molecule has 2 aromatic rings. The lowest BCUT2D eigenvalue weighted by molar-refractivity contribution is 0.595. The first kappa shape index (κ1) is 12.8. The van der Waals surface area contributed by atoms with Gasteiger partial charge >= 0.3 is 0 Å². The molecule has 94 valence electrons. The fraction of sp³-hybridized carbons (Fsp3) is 0.200. The van der Waals surface area contributed by atoms with Crippen molar-refractivity contribution in [3.63, 3.8) is 0 Å². The summed E-state index contributed by atoms with van der Waals surface area (Å²) in [5.74, 6) is 0.0604. The molecule has 0 aromatic heterocycles. The van der Waals surface area contributed by atoms with Crippen molar-refractivity contribution < 1.29 is 8.42 Å². The summed E-state index contributed by atoms with van der Waals surface area (Å²) >= 11 is 0. The topological polar surface area (TPSA) is 34.1 Å². The first-order valence-corrected chi connectivity index (χ1v) is 7.62. The van der Waals surface area contributed by atoms with Gasteiger partial charge < -0.3 is 0 Å². The van der Waals surface area contributed by atoms with Crippen LogP contribution in [0.3, 0.4) is 0 Å². The van der Waals surface area contributed by atoms with Crippen LogP contribution in [0, 0.1) is 0 Å². The maximum absolute atomic E-state index is 12.2. The normalized spacial score (nSPS) is 11.4. The van der Waals surface area contributed by atoms with Gasteiger partial charge in [0.25, 0.3) is 0 Å². The van der Waals surface area contributed by atoms with Crippen LogP contribution in [0.4, 0.5) is 0 Å². The molecular formula is C15H16O2S. The molecule has 2 nitrogen and oxygen atoms in total. The Hall–Kier alpha value is -1.61. The van der Waals surface area contributed by atoms with Crippen LogP contribution in [-0.4, -0.2) is 8.42 Å². The molecule has 3 heteroatoms. The number of sulfone groups is 1. The molecular weight excluding hydrogens is 244 g/mol. The number of hydrogen-bond acceptors (Lipinski definition) is 2. The van der Waals surface area contributed by atoms with Crippen molar-refractivity contribution in [2.24, 2.45) is 0 Å². The molecule has 0 aliphatic rings. The Morgan fingerprint density at radius 3 is 2.22 bits per heavy atom. The molecule has 0 unspecified atom stereocenters. The smallest absolute Gasteiger partial charge is 0.182 e. The van der Waals surface area contributed by atoms with E-state index in [0.717, 1.165) is 17.5 Å². The van der Waals surface area contributed by atoms with Crippen molar-refractivity contribution >= 4 is 9.84 Å². The highest BCUT2D eigenvalue weighted by Crippen LogP contribution is 2.17. The largest absolute Gasteiger partial charge is 0.223 e. The summed E-state index contributed by atoms with van der Waals surface area (Å²) in [6, 6.07) is 16.3. The van der Waals surface area contributed by atoms with Crippen LogP contribution in [0.5, 0.6) is 0 Å². The first-order chi connectivity index (χ1) is 8.62. The van der Waals surface area contributed by atoms with Gasteiger partial charge in [0.1, 0.15) is 0 Å². The maximum Gasteiger partial charge on any atom is 0.182 e.